The van der Waals surface area contributed by atoms with Crippen LogP contribution in [-0.4, -0.2) is 35.6 Å². The predicted molar refractivity (Wildman–Crippen MR) is 152 cm³/mol. The number of amides is 1. The van der Waals surface area contributed by atoms with Crippen LogP contribution in [0.2, 0.25) is 0 Å². The third kappa shape index (κ3) is 26.2. The van der Waals surface area contributed by atoms with Crippen molar-refractivity contribution in [2.45, 2.75) is 123 Å². The Morgan fingerprint density at radius 2 is 1.32 bits per heavy atom. The molecule has 0 radical (unpaired) electrons. The summed E-state index contributed by atoms with van der Waals surface area (Å²) in [5.41, 5.74) is 0. The lowest BCUT2D eigenvalue weighted by Gasteiger charge is -2.18. The molecule has 0 fully saturated rings. The topological polar surface area (TPSA) is 92.7 Å². The number of carboxylic acid groups (broad SMARTS) is 1. The number of esters is 1. The second kappa shape index (κ2) is 26.4. The number of hydrogen-bond acceptors (Lipinski definition) is 4. The Morgan fingerprint density at radius 1 is 0.730 bits per heavy atom. The lowest BCUT2D eigenvalue weighted by atomic mass is 10.0. The molecule has 210 valence electrons. The summed E-state index contributed by atoms with van der Waals surface area (Å²) in [6.07, 6.45) is 31.3. The molecule has 0 aromatic rings. The van der Waals surface area contributed by atoms with Crippen molar-refractivity contribution in [3.8, 4) is 0 Å². The van der Waals surface area contributed by atoms with Gasteiger partial charge in [-0.05, 0) is 70.6 Å². The van der Waals surface area contributed by atoms with E-state index in [2.05, 4.69) is 67.8 Å². The molecule has 0 bridgehead atoms. The molecule has 0 heterocycles. The fourth-order valence-electron chi connectivity index (χ4n) is 3.66. The number of allylic oxidation sites excluding steroid dienone is 8. The van der Waals surface area contributed by atoms with Gasteiger partial charge in [0.25, 0.3) is 0 Å². The number of hydrogen-bond donors (Lipinski definition) is 2. The van der Waals surface area contributed by atoms with Crippen molar-refractivity contribution in [3.05, 3.63) is 48.6 Å². The smallest absolute Gasteiger partial charge is 0.322 e. The second-order valence-corrected chi connectivity index (χ2v) is 9.27. The van der Waals surface area contributed by atoms with Crippen LogP contribution in [0.4, 0.5) is 0 Å². The monoisotopic (exact) mass is 517 g/mol. The summed E-state index contributed by atoms with van der Waals surface area (Å²) >= 11 is 0. The zero-order chi connectivity index (χ0) is 27.4. The van der Waals surface area contributed by atoms with Gasteiger partial charge in [0.15, 0.2) is 0 Å². The molecule has 6 heteroatoms. The molecule has 0 saturated carbocycles. The van der Waals surface area contributed by atoms with E-state index in [0.29, 0.717) is 19.3 Å². The first-order valence-electron chi connectivity index (χ1n) is 14.3. The van der Waals surface area contributed by atoms with Crippen LogP contribution < -0.4 is 5.32 Å². The first-order valence-corrected chi connectivity index (χ1v) is 14.3. The van der Waals surface area contributed by atoms with Gasteiger partial charge in [-0.2, -0.15) is 0 Å². The van der Waals surface area contributed by atoms with Crippen LogP contribution in [0.25, 0.3) is 0 Å². The summed E-state index contributed by atoms with van der Waals surface area (Å²) in [7, 11) is 0. The lowest BCUT2D eigenvalue weighted by Crippen LogP contribution is -2.28. The van der Waals surface area contributed by atoms with Crippen molar-refractivity contribution in [3.63, 3.8) is 0 Å². The summed E-state index contributed by atoms with van der Waals surface area (Å²) in [5, 5.41) is 10.9. The molecular weight excluding hydrogens is 466 g/mol. The van der Waals surface area contributed by atoms with Gasteiger partial charge in [-0.15, -0.1) is 0 Å². The Morgan fingerprint density at radius 3 is 1.95 bits per heavy atom. The molecule has 1 atom stereocenters. The molecule has 0 aromatic carbocycles. The fraction of sp³-hybridized carbons (Fsp3) is 0.645. The Balaban J connectivity index is 3.92. The minimum absolute atomic E-state index is 0.0531. The summed E-state index contributed by atoms with van der Waals surface area (Å²) < 4.78 is 5.74. The number of carbonyl (C=O) groups excluding carboxylic acids is 2. The number of nitrogens with one attached hydrogen (secondary N) is 1. The highest BCUT2D eigenvalue weighted by Crippen LogP contribution is 2.16. The van der Waals surface area contributed by atoms with Crippen LogP contribution >= 0.6 is 0 Å². The molecule has 2 N–H and O–H groups in total. The molecule has 0 aliphatic carbocycles. The maximum atomic E-state index is 12.3. The third-order valence-corrected chi connectivity index (χ3v) is 5.77. The predicted octanol–water partition coefficient (Wildman–Crippen LogP) is 7.61. The van der Waals surface area contributed by atoms with Crippen LogP contribution in [0, 0.1) is 0 Å². The Bertz CT molecular complexity index is 708. The van der Waals surface area contributed by atoms with Crippen LogP contribution in [0.15, 0.2) is 48.6 Å². The van der Waals surface area contributed by atoms with E-state index < -0.39 is 5.97 Å². The average molecular weight is 518 g/mol. The summed E-state index contributed by atoms with van der Waals surface area (Å²) in [6, 6.07) is 0. The van der Waals surface area contributed by atoms with E-state index in [1.165, 1.54) is 0 Å². The highest BCUT2D eigenvalue weighted by Gasteiger charge is 2.14. The van der Waals surface area contributed by atoms with E-state index in [1.807, 2.05) is 0 Å². The summed E-state index contributed by atoms with van der Waals surface area (Å²) in [5.74, 6) is -1.38. The van der Waals surface area contributed by atoms with Crippen molar-refractivity contribution >= 4 is 17.8 Å². The van der Waals surface area contributed by atoms with Crippen LogP contribution in [0.3, 0.4) is 0 Å². The van der Waals surface area contributed by atoms with Gasteiger partial charge in [0.05, 0.1) is 0 Å². The molecule has 0 aromatic heterocycles. The van der Waals surface area contributed by atoms with Gasteiger partial charge in [0.2, 0.25) is 5.91 Å². The van der Waals surface area contributed by atoms with Crippen molar-refractivity contribution in [1.29, 1.82) is 0 Å². The Kier molecular flexibility index (Phi) is 24.6. The lowest BCUT2D eigenvalue weighted by molar-refractivity contribution is -0.150. The molecule has 0 rings (SSSR count). The first-order chi connectivity index (χ1) is 18.0. The largest absolute Gasteiger partial charge is 0.480 e. The van der Waals surface area contributed by atoms with E-state index in [4.69, 9.17) is 9.84 Å². The molecule has 1 unspecified atom stereocenters. The fourth-order valence-corrected chi connectivity index (χ4v) is 3.66. The number of carboxylic acids is 1. The molecule has 0 aliphatic rings. The van der Waals surface area contributed by atoms with Crippen molar-refractivity contribution < 1.29 is 24.2 Å². The number of unbranched alkanes of at least 4 members (excludes halogenated alkanes) is 5. The number of rotatable bonds is 24. The number of aliphatic carboxylic acids is 1. The molecule has 0 saturated heterocycles. The van der Waals surface area contributed by atoms with Gasteiger partial charge in [0, 0.05) is 12.8 Å². The zero-order valence-electron chi connectivity index (χ0n) is 23.3. The maximum Gasteiger partial charge on any atom is 0.322 e. The first kappa shape index (κ1) is 34.4. The highest BCUT2D eigenvalue weighted by molar-refractivity contribution is 5.80. The normalized spacial score (nSPS) is 12.7. The van der Waals surface area contributed by atoms with E-state index in [-0.39, 0.29) is 24.5 Å². The molecule has 37 heavy (non-hydrogen) atoms. The Labute approximate surface area is 225 Å². The molecule has 0 aliphatic heterocycles. The van der Waals surface area contributed by atoms with Crippen LogP contribution in [0.1, 0.15) is 117 Å². The zero-order valence-corrected chi connectivity index (χ0v) is 23.3. The SMILES string of the molecule is CC/C=C\C/C=C\C/C=C\C/C=C\CCCCC(=O)OC(CCCC)CCCCCC(=O)NCC(=O)O. The molecule has 6 nitrogen and oxygen atoms in total. The molecule has 0 spiro atoms. The quantitative estimate of drug-likeness (QED) is 0.0781. The third-order valence-electron chi connectivity index (χ3n) is 5.77. The molecule has 1 amide bonds. The van der Waals surface area contributed by atoms with Gasteiger partial charge in [-0.1, -0.05) is 81.7 Å². The van der Waals surface area contributed by atoms with E-state index in [0.717, 1.165) is 83.5 Å². The molecular formula is C31H51NO5. The highest BCUT2D eigenvalue weighted by atomic mass is 16.5. The van der Waals surface area contributed by atoms with Gasteiger partial charge in [-0.3, -0.25) is 14.4 Å². The second-order valence-electron chi connectivity index (χ2n) is 9.27. The minimum Gasteiger partial charge on any atom is -0.480 e. The summed E-state index contributed by atoms with van der Waals surface area (Å²) in [6.45, 7) is 3.93. The van der Waals surface area contributed by atoms with Crippen molar-refractivity contribution in [1.82, 2.24) is 5.32 Å². The standard InChI is InChI=1S/C31H51NO5/c1-3-5-7-8-9-10-11-12-13-14-15-16-17-18-22-26-31(36)37-28(23-6-4-2)24-20-19-21-25-29(33)32-27-30(34)35/h5,7,9-10,12-13,15-16,28H,3-4,6,8,11,14,17-27H2,1-2H3,(H,32,33)(H,34,35)/b7-5-,10-9-,13-12-,16-15-. The van der Waals surface area contributed by atoms with Gasteiger partial charge >= 0.3 is 11.9 Å². The van der Waals surface area contributed by atoms with E-state index in [1.54, 1.807) is 0 Å². The van der Waals surface area contributed by atoms with Gasteiger partial charge < -0.3 is 15.2 Å². The number of ether oxygens (including phenoxy) is 1. The van der Waals surface area contributed by atoms with Crippen molar-refractivity contribution in [2.75, 3.05) is 6.54 Å². The van der Waals surface area contributed by atoms with Gasteiger partial charge in [0.1, 0.15) is 12.6 Å². The van der Waals surface area contributed by atoms with Crippen LogP contribution in [0.5, 0.6) is 0 Å². The Hall–Kier alpha value is -2.63. The summed E-state index contributed by atoms with van der Waals surface area (Å²) in [4.78, 5) is 34.3. The van der Waals surface area contributed by atoms with E-state index >= 15 is 0 Å². The maximum absolute atomic E-state index is 12.3. The minimum atomic E-state index is -1.04. The van der Waals surface area contributed by atoms with Crippen molar-refractivity contribution in [2.24, 2.45) is 0 Å². The van der Waals surface area contributed by atoms with Crippen LogP contribution in [-0.2, 0) is 19.1 Å². The van der Waals surface area contributed by atoms with Gasteiger partial charge in [-0.25, -0.2) is 0 Å². The number of carbonyl (C=O) groups is 3. The average Bonchev–Trinajstić information content (AvgIpc) is 2.87. The van der Waals surface area contributed by atoms with E-state index in [9.17, 15) is 14.4 Å².